The lowest BCUT2D eigenvalue weighted by atomic mass is 10.1. The number of hydrogen-bond donors (Lipinski definition) is 0. The molecule has 2 nitrogen and oxygen atoms in total. The summed E-state index contributed by atoms with van der Waals surface area (Å²) in [6.45, 7) is 2.18. The quantitative estimate of drug-likeness (QED) is 0.651. The monoisotopic (exact) mass is 212 g/mol. The number of alkyl halides is 3. The summed E-state index contributed by atoms with van der Waals surface area (Å²) in [5.74, 6) is 0. The summed E-state index contributed by atoms with van der Waals surface area (Å²) < 4.78 is 39.6. The van der Waals surface area contributed by atoms with E-state index < -0.39 is 6.36 Å². The minimum atomic E-state index is -4.48. The molecule has 0 N–H and O–H groups in total. The third-order valence-electron chi connectivity index (χ3n) is 2.79. The van der Waals surface area contributed by atoms with Gasteiger partial charge in [0.05, 0.1) is 20.1 Å². The van der Waals surface area contributed by atoms with Gasteiger partial charge in [0.25, 0.3) is 0 Å². The van der Waals surface area contributed by atoms with Crippen molar-refractivity contribution >= 4 is 0 Å². The van der Waals surface area contributed by atoms with Crippen molar-refractivity contribution in [2.45, 2.75) is 25.6 Å². The Morgan fingerprint density at radius 1 is 1.14 bits per heavy atom. The lowest BCUT2D eigenvalue weighted by Gasteiger charge is -2.37. The Balaban J connectivity index is 2.22. The van der Waals surface area contributed by atoms with Crippen LogP contribution in [0.25, 0.3) is 0 Å². The van der Waals surface area contributed by atoms with Gasteiger partial charge in [-0.15, -0.1) is 13.2 Å². The van der Waals surface area contributed by atoms with Gasteiger partial charge < -0.3 is 4.48 Å². The molecule has 0 saturated carbocycles. The number of likely N-dealkylation sites (tertiary alicyclic amines) is 1. The maximum Gasteiger partial charge on any atom is 0.522 e. The zero-order valence-corrected chi connectivity index (χ0v) is 8.44. The van der Waals surface area contributed by atoms with E-state index in [1.807, 2.05) is 7.05 Å². The van der Waals surface area contributed by atoms with Crippen molar-refractivity contribution in [1.29, 1.82) is 0 Å². The van der Waals surface area contributed by atoms with Gasteiger partial charge in [0, 0.05) is 0 Å². The lowest BCUT2D eigenvalue weighted by Crippen LogP contribution is -2.50. The molecule has 0 aromatic rings. The van der Waals surface area contributed by atoms with E-state index >= 15 is 0 Å². The summed E-state index contributed by atoms with van der Waals surface area (Å²) >= 11 is 0. The fourth-order valence-corrected chi connectivity index (χ4v) is 1.88. The molecule has 0 unspecified atom stereocenters. The molecule has 1 heterocycles. The Kier molecular flexibility index (Phi) is 3.78. The smallest absolute Gasteiger partial charge is 0.324 e. The van der Waals surface area contributed by atoms with Gasteiger partial charge in [0.15, 0.2) is 0 Å². The van der Waals surface area contributed by atoms with Crippen LogP contribution in [0.4, 0.5) is 13.2 Å². The van der Waals surface area contributed by atoms with Crippen molar-refractivity contribution in [1.82, 2.24) is 0 Å². The first-order valence-corrected chi connectivity index (χ1v) is 4.96. The highest BCUT2D eigenvalue weighted by Crippen LogP contribution is 2.19. The second kappa shape index (κ2) is 4.49. The van der Waals surface area contributed by atoms with Crippen LogP contribution in [0.1, 0.15) is 19.3 Å². The highest BCUT2D eigenvalue weighted by atomic mass is 19.4. The molecule has 1 aliphatic heterocycles. The summed E-state index contributed by atoms with van der Waals surface area (Å²) in [5.41, 5.74) is 0. The topological polar surface area (TPSA) is 9.23 Å². The predicted octanol–water partition coefficient (Wildman–Crippen LogP) is 2.15. The molecule has 1 rings (SSSR count). The van der Waals surface area contributed by atoms with Gasteiger partial charge in [0.1, 0.15) is 13.2 Å². The average Bonchev–Trinajstić information content (AvgIpc) is 2.02. The van der Waals surface area contributed by atoms with Gasteiger partial charge in [-0.1, -0.05) is 0 Å². The Morgan fingerprint density at radius 2 is 1.71 bits per heavy atom. The summed E-state index contributed by atoms with van der Waals surface area (Å²) in [7, 11) is 2.00. The largest absolute Gasteiger partial charge is 0.522 e. The van der Waals surface area contributed by atoms with Crippen LogP contribution in [0.2, 0.25) is 0 Å². The zero-order valence-electron chi connectivity index (χ0n) is 8.44. The predicted molar refractivity (Wildman–Crippen MR) is 46.6 cm³/mol. The fourth-order valence-electron chi connectivity index (χ4n) is 1.88. The normalized spacial score (nSPS) is 22.3. The molecule has 84 valence electrons. The van der Waals surface area contributed by atoms with Crippen molar-refractivity contribution in [2.24, 2.45) is 0 Å². The van der Waals surface area contributed by atoms with Crippen LogP contribution in [0, 0.1) is 0 Å². The second-order valence-electron chi connectivity index (χ2n) is 4.15. The SMILES string of the molecule is C[N+]1(CCOC(F)(F)F)CCCCC1. The summed E-state index contributed by atoms with van der Waals surface area (Å²) in [6.07, 6.45) is -1.05. The molecule has 0 spiro atoms. The van der Waals surface area contributed by atoms with E-state index in [0.717, 1.165) is 30.4 Å². The summed E-state index contributed by atoms with van der Waals surface area (Å²) in [6, 6.07) is 0. The number of halogens is 3. The van der Waals surface area contributed by atoms with E-state index in [2.05, 4.69) is 4.74 Å². The van der Waals surface area contributed by atoms with Crippen LogP contribution in [-0.2, 0) is 4.74 Å². The van der Waals surface area contributed by atoms with E-state index in [4.69, 9.17) is 0 Å². The van der Waals surface area contributed by atoms with E-state index in [-0.39, 0.29) is 6.61 Å². The van der Waals surface area contributed by atoms with Crippen molar-refractivity contribution in [3.05, 3.63) is 0 Å². The number of quaternary nitrogens is 1. The lowest BCUT2D eigenvalue weighted by molar-refractivity contribution is -0.914. The minimum absolute atomic E-state index is 0.222. The first kappa shape index (κ1) is 11.8. The molecule has 0 aliphatic carbocycles. The van der Waals surface area contributed by atoms with Crippen LogP contribution >= 0.6 is 0 Å². The minimum Gasteiger partial charge on any atom is -0.324 e. The zero-order chi connectivity index (χ0) is 10.7. The maximum absolute atomic E-state index is 11.7. The molecule has 0 aromatic carbocycles. The molecule has 1 saturated heterocycles. The molecule has 1 fully saturated rings. The molecule has 1 aliphatic rings. The molecule has 0 atom stereocenters. The summed E-state index contributed by atoms with van der Waals surface area (Å²) in [4.78, 5) is 0. The van der Waals surface area contributed by atoms with Crippen molar-refractivity contribution < 1.29 is 22.4 Å². The third-order valence-corrected chi connectivity index (χ3v) is 2.79. The molecular formula is C9H17F3NO+. The number of likely N-dealkylation sites (N-methyl/N-ethyl adjacent to an activating group) is 1. The highest BCUT2D eigenvalue weighted by Gasteiger charge is 2.31. The number of ether oxygens (including phenoxy) is 1. The van der Waals surface area contributed by atoms with Crippen LogP contribution in [0.3, 0.4) is 0 Å². The third kappa shape index (κ3) is 4.28. The Morgan fingerprint density at radius 3 is 2.21 bits per heavy atom. The second-order valence-corrected chi connectivity index (χ2v) is 4.15. The molecule has 0 radical (unpaired) electrons. The molecule has 0 aromatic heterocycles. The van der Waals surface area contributed by atoms with Crippen molar-refractivity contribution in [3.63, 3.8) is 0 Å². The van der Waals surface area contributed by atoms with Gasteiger partial charge >= 0.3 is 6.36 Å². The fraction of sp³-hybridized carbons (Fsp3) is 1.00. The summed E-state index contributed by atoms with van der Waals surface area (Å²) in [5, 5.41) is 0. The number of nitrogens with zero attached hydrogens (tertiary/aromatic N) is 1. The van der Waals surface area contributed by atoms with E-state index in [1.165, 1.54) is 6.42 Å². The highest BCUT2D eigenvalue weighted by molar-refractivity contribution is 4.51. The number of hydrogen-bond acceptors (Lipinski definition) is 1. The Hall–Kier alpha value is -0.290. The van der Waals surface area contributed by atoms with Crippen LogP contribution in [0.5, 0.6) is 0 Å². The molecule has 0 bridgehead atoms. The first-order chi connectivity index (χ1) is 6.41. The van der Waals surface area contributed by atoms with Crippen LogP contribution < -0.4 is 0 Å². The number of rotatable bonds is 3. The van der Waals surface area contributed by atoms with Gasteiger partial charge in [-0.05, 0) is 19.3 Å². The molecule has 5 heteroatoms. The molecule has 0 amide bonds. The molecule has 14 heavy (non-hydrogen) atoms. The van der Waals surface area contributed by atoms with Gasteiger partial charge in [-0.2, -0.15) is 0 Å². The van der Waals surface area contributed by atoms with Crippen molar-refractivity contribution in [3.8, 4) is 0 Å². The van der Waals surface area contributed by atoms with Crippen molar-refractivity contribution in [2.75, 3.05) is 33.3 Å². The van der Waals surface area contributed by atoms with E-state index in [9.17, 15) is 13.2 Å². The average molecular weight is 212 g/mol. The van der Waals surface area contributed by atoms with Gasteiger partial charge in [-0.3, -0.25) is 4.74 Å². The van der Waals surface area contributed by atoms with Crippen LogP contribution in [0.15, 0.2) is 0 Å². The van der Waals surface area contributed by atoms with Crippen LogP contribution in [-0.4, -0.2) is 44.1 Å². The van der Waals surface area contributed by atoms with Gasteiger partial charge in [0.2, 0.25) is 0 Å². The maximum atomic E-state index is 11.7. The first-order valence-electron chi connectivity index (χ1n) is 4.96. The standard InChI is InChI=1S/C9H17F3NO/c1-13(5-3-2-4-6-13)7-8-14-9(10,11)12/h2-8H2,1H3/q+1. The Bertz CT molecular complexity index is 175. The Labute approximate surface area is 82.2 Å². The van der Waals surface area contributed by atoms with Gasteiger partial charge in [-0.25, -0.2) is 0 Å². The molecular weight excluding hydrogens is 195 g/mol. The van der Waals surface area contributed by atoms with E-state index in [1.54, 1.807) is 0 Å². The number of piperidine rings is 1. The van der Waals surface area contributed by atoms with E-state index in [0.29, 0.717) is 6.54 Å².